The predicted octanol–water partition coefficient (Wildman–Crippen LogP) is 7.65. The summed E-state index contributed by atoms with van der Waals surface area (Å²) in [5, 5.41) is 2.49. The van der Waals surface area contributed by atoms with Crippen molar-refractivity contribution in [3.63, 3.8) is 0 Å². The molecular formula is C28H27NS. The van der Waals surface area contributed by atoms with E-state index < -0.39 is 0 Å². The van der Waals surface area contributed by atoms with Crippen LogP contribution in [0.25, 0.3) is 11.1 Å². The molecule has 0 bridgehead atoms. The maximum Gasteiger partial charge on any atom is 0.0798 e. The number of thiocarbonyl (C=S) groups is 1. The van der Waals surface area contributed by atoms with Gasteiger partial charge in [0.15, 0.2) is 0 Å². The third-order valence-corrected chi connectivity index (χ3v) is 5.57. The zero-order chi connectivity index (χ0) is 22.0. The fourth-order valence-corrected chi connectivity index (χ4v) is 4.42. The summed E-state index contributed by atoms with van der Waals surface area (Å²) in [5.74, 6) is 6.79. The van der Waals surface area contributed by atoms with Crippen molar-refractivity contribution in [3.8, 4) is 23.0 Å². The van der Waals surface area contributed by atoms with Crippen LogP contribution in [0.15, 0.2) is 41.4 Å². The normalized spacial score (nSPS) is 10.2. The average Bonchev–Trinajstić information content (AvgIpc) is 2.63. The van der Waals surface area contributed by atoms with Crippen LogP contribution in [0.1, 0.15) is 50.1 Å². The third-order valence-electron chi connectivity index (χ3n) is 5.48. The van der Waals surface area contributed by atoms with E-state index in [0.717, 1.165) is 27.9 Å². The Labute approximate surface area is 185 Å². The van der Waals surface area contributed by atoms with Gasteiger partial charge in [0.05, 0.1) is 10.8 Å². The van der Waals surface area contributed by atoms with Crippen molar-refractivity contribution < 1.29 is 0 Å². The highest BCUT2D eigenvalue weighted by atomic mass is 32.1. The van der Waals surface area contributed by atoms with Crippen molar-refractivity contribution >= 4 is 23.1 Å². The van der Waals surface area contributed by atoms with Gasteiger partial charge >= 0.3 is 0 Å². The Bertz CT molecular complexity index is 1190. The van der Waals surface area contributed by atoms with Crippen LogP contribution in [0.4, 0.5) is 5.69 Å². The SMILES string of the molecule is Cc1cc(C)c(C#Cc2cc(C)c(-c3cc(C)c(N=C=S)c(C)c3)c(C)c2)c(C)c1. The molecule has 0 saturated carbocycles. The summed E-state index contributed by atoms with van der Waals surface area (Å²) in [6.45, 7) is 14.8. The molecule has 0 atom stereocenters. The molecule has 0 aliphatic heterocycles. The highest BCUT2D eigenvalue weighted by Crippen LogP contribution is 2.34. The summed E-state index contributed by atoms with van der Waals surface area (Å²) in [5.41, 5.74) is 13.9. The molecular weight excluding hydrogens is 382 g/mol. The zero-order valence-corrected chi connectivity index (χ0v) is 19.6. The maximum absolute atomic E-state index is 4.79. The van der Waals surface area contributed by atoms with E-state index in [1.807, 2.05) is 0 Å². The van der Waals surface area contributed by atoms with Crippen LogP contribution in [0.2, 0.25) is 0 Å². The summed E-state index contributed by atoms with van der Waals surface area (Å²) >= 11 is 4.79. The number of hydrogen-bond acceptors (Lipinski definition) is 2. The summed E-state index contributed by atoms with van der Waals surface area (Å²) in [7, 11) is 0. The summed E-state index contributed by atoms with van der Waals surface area (Å²) in [6.07, 6.45) is 0. The fraction of sp³-hybridized carbons (Fsp3) is 0.250. The van der Waals surface area contributed by atoms with Crippen molar-refractivity contribution in [2.45, 2.75) is 48.5 Å². The van der Waals surface area contributed by atoms with E-state index in [4.69, 9.17) is 12.2 Å². The largest absolute Gasteiger partial charge is 0.194 e. The minimum absolute atomic E-state index is 0.912. The Morgan fingerprint density at radius 2 is 1.17 bits per heavy atom. The molecule has 0 N–H and O–H groups in total. The first-order chi connectivity index (χ1) is 14.2. The van der Waals surface area contributed by atoms with E-state index in [2.05, 4.69) is 107 Å². The average molecular weight is 410 g/mol. The Hall–Kier alpha value is -2.98. The Balaban J connectivity index is 2.06. The van der Waals surface area contributed by atoms with Gasteiger partial charge in [-0.1, -0.05) is 29.5 Å². The standard InChI is InChI=1S/C28H27NS/c1-17-10-18(2)26(19(3)11-17)9-8-24-12-20(4)27(21(5)13-24)25-14-22(6)28(29-16-30)23(7)15-25/h10-15H,1-7H3. The van der Waals surface area contributed by atoms with Crippen molar-refractivity contribution in [1.29, 1.82) is 0 Å². The maximum atomic E-state index is 4.79. The molecule has 3 rings (SSSR count). The third kappa shape index (κ3) is 4.44. The van der Waals surface area contributed by atoms with Crippen molar-refractivity contribution in [3.05, 3.63) is 86.5 Å². The van der Waals surface area contributed by atoms with E-state index in [-0.39, 0.29) is 0 Å². The molecule has 0 aliphatic rings. The van der Waals surface area contributed by atoms with Crippen LogP contribution in [-0.2, 0) is 0 Å². The van der Waals surface area contributed by atoms with Crippen molar-refractivity contribution in [2.24, 2.45) is 4.99 Å². The van der Waals surface area contributed by atoms with E-state index in [1.54, 1.807) is 0 Å². The minimum Gasteiger partial charge on any atom is -0.194 e. The lowest BCUT2D eigenvalue weighted by Gasteiger charge is -2.14. The van der Waals surface area contributed by atoms with Gasteiger partial charge < -0.3 is 0 Å². The second-order valence-electron chi connectivity index (χ2n) is 8.17. The molecule has 0 radical (unpaired) electrons. The molecule has 0 amide bonds. The molecule has 3 aromatic rings. The topological polar surface area (TPSA) is 12.4 Å². The molecule has 30 heavy (non-hydrogen) atoms. The highest BCUT2D eigenvalue weighted by Gasteiger charge is 2.11. The Morgan fingerprint density at radius 3 is 1.67 bits per heavy atom. The summed E-state index contributed by atoms with van der Waals surface area (Å²) in [4.78, 5) is 4.22. The van der Waals surface area contributed by atoms with Crippen LogP contribution in [0, 0.1) is 60.3 Å². The van der Waals surface area contributed by atoms with Gasteiger partial charge in [-0.2, -0.15) is 4.99 Å². The van der Waals surface area contributed by atoms with Gasteiger partial charge in [-0.25, -0.2) is 0 Å². The smallest absolute Gasteiger partial charge is 0.0798 e. The summed E-state index contributed by atoms with van der Waals surface area (Å²) < 4.78 is 0. The minimum atomic E-state index is 0.912. The van der Waals surface area contributed by atoms with Crippen LogP contribution in [0.3, 0.4) is 0 Å². The Kier molecular flexibility index (Phi) is 6.37. The van der Waals surface area contributed by atoms with Gasteiger partial charge in [0, 0.05) is 11.1 Å². The number of aliphatic imine (C=N–C) groups is 1. The van der Waals surface area contributed by atoms with Gasteiger partial charge in [-0.3, -0.25) is 0 Å². The van der Waals surface area contributed by atoms with Crippen LogP contribution in [0.5, 0.6) is 0 Å². The number of rotatable bonds is 2. The lowest BCUT2D eigenvalue weighted by atomic mass is 9.91. The van der Waals surface area contributed by atoms with Crippen molar-refractivity contribution in [2.75, 3.05) is 0 Å². The second-order valence-corrected chi connectivity index (χ2v) is 8.35. The fourth-order valence-electron chi connectivity index (χ4n) is 4.33. The number of hydrogen-bond donors (Lipinski definition) is 0. The molecule has 0 spiro atoms. The van der Waals surface area contributed by atoms with E-state index in [9.17, 15) is 0 Å². The quantitative estimate of drug-likeness (QED) is 0.240. The molecule has 150 valence electrons. The van der Waals surface area contributed by atoms with Gasteiger partial charge in [0.2, 0.25) is 0 Å². The summed E-state index contributed by atoms with van der Waals surface area (Å²) in [6, 6.07) is 13.1. The predicted molar refractivity (Wildman–Crippen MR) is 132 cm³/mol. The molecule has 0 saturated heterocycles. The first-order valence-corrected chi connectivity index (χ1v) is 10.5. The number of benzene rings is 3. The van der Waals surface area contributed by atoms with Crippen LogP contribution in [-0.4, -0.2) is 5.16 Å². The lowest BCUT2D eigenvalue weighted by molar-refractivity contribution is 1.29. The molecule has 3 aromatic carbocycles. The van der Waals surface area contributed by atoms with Gasteiger partial charge in [0.25, 0.3) is 0 Å². The van der Waals surface area contributed by atoms with Crippen molar-refractivity contribution in [1.82, 2.24) is 0 Å². The van der Waals surface area contributed by atoms with Gasteiger partial charge in [-0.05, 0) is 129 Å². The first kappa shape index (κ1) is 21.7. The van der Waals surface area contributed by atoms with Crippen LogP contribution < -0.4 is 0 Å². The number of isothiocyanates is 1. The van der Waals surface area contributed by atoms with Crippen LogP contribution >= 0.6 is 12.2 Å². The number of aryl methyl sites for hydroxylation is 7. The zero-order valence-electron chi connectivity index (χ0n) is 18.8. The monoisotopic (exact) mass is 409 g/mol. The number of nitrogens with zero attached hydrogens (tertiary/aromatic N) is 1. The molecule has 0 heterocycles. The van der Waals surface area contributed by atoms with E-state index in [1.165, 1.54) is 38.9 Å². The molecule has 0 aliphatic carbocycles. The molecule has 1 nitrogen and oxygen atoms in total. The lowest BCUT2D eigenvalue weighted by Crippen LogP contribution is -1.93. The first-order valence-electron chi connectivity index (χ1n) is 10.1. The van der Waals surface area contributed by atoms with E-state index >= 15 is 0 Å². The van der Waals surface area contributed by atoms with E-state index in [0.29, 0.717) is 0 Å². The highest BCUT2D eigenvalue weighted by molar-refractivity contribution is 7.78. The molecule has 0 unspecified atom stereocenters. The molecule has 0 aromatic heterocycles. The van der Waals surface area contributed by atoms with Gasteiger partial charge in [-0.15, -0.1) is 0 Å². The molecule has 0 fully saturated rings. The van der Waals surface area contributed by atoms with Gasteiger partial charge in [0.1, 0.15) is 0 Å². The second kappa shape index (κ2) is 8.80. The Morgan fingerprint density at radius 1 is 0.633 bits per heavy atom. The molecule has 2 heteroatoms.